The van der Waals surface area contributed by atoms with Crippen LogP contribution in [0, 0.1) is 0 Å². The van der Waals surface area contributed by atoms with E-state index in [9.17, 15) is 20.4 Å². The number of thiazole rings is 4. The van der Waals surface area contributed by atoms with Crippen molar-refractivity contribution in [3.63, 3.8) is 0 Å². The van der Waals surface area contributed by atoms with Gasteiger partial charge < -0.3 is 20.4 Å². The van der Waals surface area contributed by atoms with Gasteiger partial charge in [0.15, 0.2) is 0 Å². The average Bonchev–Trinajstić information content (AvgIpc) is 4.25. The molecule has 1 aliphatic rings. The number of aromatic nitrogens is 4. The monoisotopic (exact) mass is 1070 g/mol. The second-order valence-corrected chi connectivity index (χ2v) is 21.9. The summed E-state index contributed by atoms with van der Waals surface area (Å²) >= 11 is 5.59. The van der Waals surface area contributed by atoms with Gasteiger partial charge in [-0.25, -0.2) is 19.9 Å². The quantitative estimate of drug-likeness (QED) is 0.107. The molecule has 13 rings (SSSR count). The molecule has 0 saturated heterocycles. The highest BCUT2D eigenvalue weighted by molar-refractivity contribution is 7.23. The molecule has 8 aromatic carbocycles. The summed E-state index contributed by atoms with van der Waals surface area (Å²) in [6.07, 6.45) is -0.0239. The second kappa shape index (κ2) is 19.6. The third-order valence-electron chi connectivity index (χ3n) is 12.7. The zero-order valence-electron chi connectivity index (χ0n) is 39.5. The normalized spacial score (nSPS) is 13.1. The number of aromatic hydroxyl groups is 4. The second-order valence-electron chi connectivity index (χ2n) is 17.8. The van der Waals surface area contributed by atoms with Gasteiger partial charge in [0.05, 0.1) is 63.6 Å². The van der Waals surface area contributed by atoms with E-state index in [1.54, 1.807) is 48.5 Å². The maximum absolute atomic E-state index is 12.3. The molecule has 76 heavy (non-hydrogen) atoms. The lowest BCUT2D eigenvalue weighted by molar-refractivity contribution is 0.450. The minimum absolute atomic E-state index is 0.00599. The molecule has 12 aromatic rings. The van der Waals surface area contributed by atoms with Crippen molar-refractivity contribution in [2.24, 2.45) is 40.9 Å². The van der Waals surface area contributed by atoms with E-state index in [0.29, 0.717) is 87.8 Å². The van der Waals surface area contributed by atoms with E-state index in [4.69, 9.17) is 0 Å². The highest BCUT2D eigenvalue weighted by atomic mass is 32.1. The van der Waals surface area contributed by atoms with Gasteiger partial charge in [-0.2, -0.15) is 0 Å². The summed E-state index contributed by atoms with van der Waals surface area (Å²) in [7, 11) is 0. The Labute approximate surface area is 446 Å². The predicted molar refractivity (Wildman–Crippen MR) is 299 cm³/mol. The summed E-state index contributed by atoms with van der Waals surface area (Å²) in [4.78, 5) is 18.6. The molecular weight excluding hydrogens is 1030 g/mol. The summed E-state index contributed by atoms with van der Waals surface area (Å²) in [6, 6.07) is 44.6. The number of azo groups is 4. The van der Waals surface area contributed by atoms with Gasteiger partial charge in [0.1, 0.15) is 23.0 Å². The van der Waals surface area contributed by atoms with E-state index in [0.717, 1.165) is 40.9 Å². The molecule has 4 aromatic heterocycles. The standard InChI is InChI=1S/C56H36N12O4S4/c69-49-29-17-31-23-38(62-66-54-58-42-10-2-6-14-46(42)74-54)25-33(50(31)70)19-35-27-40(64-68-56-60-44-12-4-8-16-48(44)76-56)28-36(52(35)72)20-34-26-39(63-67-55-59-43-11-3-7-15-47(43)75-55)24-32(51(34)71)18-30(49)22-37(21-29)61-65-53-57-41-9-1-5-13-45(41)73-53/h1-16,21-28,69-72H,17-20H2. The molecule has 20 heteroatoms. The molecule has 0 saturated carbocycles. The van der Waals surface area contributed by atoms with E-state index < -0.39 is 0 Å². The highest BCUT2D eigenvalue weighted by Gasteiger charge is 2.23. The van der Waals surface area contributed by atoms with Crippen LogP contribution in [0.3, 0.4) is 0 Å². The van der Waals surface area contributed by atoms with Crippen LogP contribution in [0.25, 0.3) is 40.9 Å². The highest BCUT2D eigenvalue weighted by Crippen LogP contribution is 2.44. The van der Waals surface area contributed by atoms with Crippen LogP contribution in [-0.4, -0.2) is 40.4 Å². The number of hydrogen-bond acceptors (Lipinski definition) is 20. The first-order valence-electron chi connectivity index (χ1n) is 23.7. The van der Waals surface area contributed by atoms with Crippen molar-refractivity contribution in [2.75, 3.05) is 0 Å². The van der Waals surface area contributed by atoms with Gasteiger partial charge in [0.25, 0.3) is 0 Å². The van der Waals surface area contributed by atoms with Crippen LogP contribution in [0.1, 0.15) is 44.5 Å². The first kappa shape index (κ1) is 46.7. The number of phenolic OH excluding ortho intramolecular Hbond substituents is 4. The molecule has 0 fully saturated rings. The Morgan fingerprint density at radius 3 is 0.671 bits per heavy atom. The minimum atomic E-state index is -0.0815. The van der Waals surface area contributed by atoms with Gasteiger partial charge in [-0.05, 0) is 97.1 Å². The lowest BCUT2D eigenvalue weighted by Gasteiger charge is -2.18. The molecule has 1 aliphatic carbocycles. The van der Waals surface area contributed by atoms with Gasteiger partial charge in [0.2, 0.25) is 20.5 Å². The zero-order chi connectivity index (χ0) is 51.3. The molecule has 0 aliphatic heterocycles. The lowest BCUT2D eigenvalue weighted by atomic mass is 9.90. The SMILES string of the molecule is Oc1c2cc(N=Nc3nc4ccccc4s3)cc1Cc1cc(N=Nc3nc4ccccc4s3)cc(c1O)Cc1cc(N=Nc3nc4ccccc4s3)cc(c1O)Cc1cc(N=Nc3nc4ccccc4s3)cc(c1O)C2. The summed E-state index contributed by atoms with van der Waals surface area (Å²) in [6.45, 7) is 0. The number of rotatable bonds is 8. The fourth-order valence-electron chi connectivity index (χ4n) is 9.11. The van der Waals surface area contributed by atoms with Crippen LogP contribution in [0.2, 0.25) is 0 Å². The average molecular weight is 1070 g/mol. The van der Waals surface area contributed by atoms with Crippen LogP contribution in [-0.2, 0) is 25.7 Å². The number of phenols is 4. The van der Waals surface area contributed by atoms with Crippen molar-refractivity contribution in [3.05, 3.63) is 190 Å². The minimum Gasteiger partial charge on any atom is -0.507 e. The van der Waals surface area contributed by atoms with Crippen LogP contribution < -0.4 is 0 Å². The van der Waals surface area contributed by atoms with E-state index in [1.807, 2.05) is 97.1 Å². The molecule has 0 unspecified atom stereocenters. The molecule has 16 nitrogen and oxygen atoms in total. The van der Waals surface area contributed by atoms with E-state index in [2.05, 4.69) is 60.8 Å². The summed E-state index contributed by atoms with van der Waals surface area (Å²) in [5.41, 5.74) is 7.98. The smallest absolute Gasteiger partial charge is 0.231 e. The number of hydrogen-bond donors (Lipinski definition) is 4. The first-order chi connectivity index (χ1) is 37.2. The van der Waals surface area contributed by atoms with Crippen LogP contribution in [0.5, 0.6) is 23.0 Å². The van der Waals surface area contributed by atoms with Crippen LogP contribution in [0.15, 0.2) is 187 Å². The Morgan fingerprint density at radius 1 is 0.276 bits per heavy atom. The van der Waals surface area contributed by atoms with Crippen molar-refractivity contribution >= 4 is 129 Å². The number of benzene rings is 8. The van der Waals surface area contributed by atoms with Gasteiger partial charge in [-0.15, -0.1) is 40.9 Å². The van der Waals surface area contributed by atoms with E-state index in [-0.39, 0.29) is 48.7 Å². The number of fused-ring (bicyclic) bond motifs is 12. The Hall–Kier alpha value is -9.08. The molecule has 8 bridgehead atoms. The van der Waals surface area contributed by atoms with Crippen molar-refractivity contribution in [3.8, 4) is 23.0 Å². The summed E-state index contributed by atoms with van der Waals surface area (Å²) in [5.74, 6) is -0.326. The molecule has 0 atom stereocenters. The van der Waals surface area contributed by atoms with Crippen LogP contribution in [0.4, 0.5) is 43.3 Å². The molecular formula is C56H36N12O4S4. The summed E-state index contributed by atoms with van der Waals surface area (Å²) in [5, 5.41) is 87.8. The third kappa shape index (κ3) is 9.52. The van der Waals surface area contributed by atoms with Crippen LogP contribution >= 0.6 is 45.3 Å². The zero-order valence-corrected chi connectivity index (χ0v) is 42.7. The van der Waals surface area contributed by atoms with Gasteiger partial charge >= 0.3 is 0 Å². The first-order valence-corrected chi connectivity index (χ1v) is 26.9. The van der Waals surface area contributed by atoms with Crippen molar-refractivity contribution < 1.29 is 20.4 Å². The fraction of sp³-hybridized carbons (Fsp3) is 0.0714. The summed E-state index contributed by atoms with van der Waals surface area (Å²) < 4.78 is 3.83. The Bertz CT molecular complexity index is 3620. The molecule has 4 N–H and O–H groups in total. The molecule has 368 valence electrons. The van der Waals surface area contributed by atoms with Crippen molar-refractivity contribution in [1.29, 1.82) is 0 Å². The fourth-order valence-corrected chi connectivity index (χ4v) is 12.3. The predicted octanol–water partition coefficient (Wildman–Crippen LogP) is 17.3. The van der Waals surface area contributed by atoms with Crippen molar-refractivity contribution in [2.45, 2.75) is 25.7 Å². The maximum atomic E-state index is 12.3. The maximum Gasteiger partial charge on any atom is 0.231 e. The lowest BCUT2D eigenvalue weighted by Crippen LogP contribution is -2.01. The van der Waals surface area contributed by atoms with Gasteiger partial charge in [-0.1, -0.05) is 93.9 Å². The third-order valence-corrected chi connectivity index (χ3v) is 16.4. The number of nitrogens with zero attached hydrogens (tertiary/aromatic N) is 12. The Kier molecular flexibility index (Phi) is 12.1. The molecule has 0 spiro atoms. The Morgan fingerprint density at radius 2 is 0.474 bits per heavy atom. The van der Waals surface area contributed by atoms with E-state index in [1.165, 1.54) is 45.3 Å². The van der Waals surface area contributed by atoms with Gasteiger partial charge in [-0.3, -0.25) is 0 Å². The van der Waals surface area contributed by atoms with Crippen molar-refractivity contribution in [1.82, 2.24) is 19.9 Å². The largest absolute Gasteiger partial charge is 0.507 e. The molecule has 0 radical (unpaired) electrons. The van der Waals surface area contributed by atoms with E-state index >= 15 is 0 Å². The number of para-hydroxylation sites is 4. The molecule has 0 amide bonds. The van der Waals surface area contributed by atoms with Gasteiger partial charge in [0, 0.05) is 70.2 Å². The molecule has 4 heterocycles. The Balaban J connectivity index is 0.975. The topological polar surface area (TPSA) is 231 Å².